The lowest BCUT2D eigenvalue weighted by Crippen LogP contribution is -2.27. The average molecular weight is 328 g/mol. The molecule has 2 amide bonds. The van der Waals surface area contributed by atoms with Crippen molar-refractivity contribution in [1.82, 2.24) is 4.90 Å². The van der Waals surface area contributed by atoms with Crippen molar-refractivity contribution in [3.8, 4) is 11.5 Å². The summed E-state index contributed by atoms with van der Waals surface area (Å²) in [5, 5.41) is 2.72. The number of hydrogen-bond donors (Lipinski definition) is 1. The number of methoxy groups -OCH3 is 1. The van der Waals surface area contributed by atoms with E-state index in [-0.39, 0.29) is 18.4 Å². The van der Waals surface area contributed by atoms with E-state index < -0.39 is 0 Å². The monoisotopic (exact) mass is 328 g/mol. The molecule has 126 valence electrons. The van der Waals surface area contributed by atoms with Gasteiger partial charge in [0.05, 0.1) is 7.11 Å². The molecule has 0 bridgehead atoms. The number of carbonyl (C=O) groups is 2. The highest BCUT2D eigenvalue weighted by molar-refractivity contribution is 5.97. The van der Waals surface area contributed by atoms with E-state index in [0.29, 0.717) is 22.7 Å². The molecule has 0 aliphatic rings. The van der Waals surface area contributed by atoms with E-state index in [0.717, 1.165) is 0 Å². The van der Waals surface area contributed by atoms with Crippen molar-refractivity contribution in [1.29, 1.82) is 0 Å². The fourth-order valence-electron chi connectivity index (χ4n) is 1.90. The molecule has 0 spiro atoms. The van der Waals surface area contributed by atoms with Crippen LogP contribution in [0.3, 0.4) is 0 Å². The van der Waals surface area contributed by atoms with Gasteiger partial charge < -0.3 is 19.7 Å². The number of carbonyl (C=O) groups excluding carboxylic acids is 2. The predicted octanol–water partition coefficient (Wildman–Crippen LogP) is 3.05. The minimum absolute atomic E-state index is 0.0728. The lowest BCUT2D eigenvalue weighted by atomic mass is 10.1. The molecule has 0 radical (unpaired) electrons. The molecule has 0 unspecified atom stereocenters. The molecular weight excluding hydrogens is 308 g/mol. The molecule has 0 atom stereocenters. The summed E-state index contributed by atoms with van der Waals surface area (Å²) in [5.74, 6) is 1.04. The average Bonchev–Trinajstić information content (AvgIpc) is 2.60. The van der Waals surface area contributed by atoms with Crippen LogP contribution in [0.4, 0.5) is 10.5 Å². The van der Waals surface area contributed by atoms with Gasteiger partial charge in [-0.05, 0) is 36.4 Å². The second-order valence-corrected chi connectivity index (χ2v) is 5.29. The summed E-state index contributed by atoms with van der Waals surface area (Å²) in [4.78, 5) is 25.1. The van der Waals surface area contributed by atoms with Crippen molar-refractivity contribution in [3.05, 3.63) is 54.1 Å². The molecule has 1 N–H and O–H groups in total. The van der Waals surface area contributed by atoms with E-state index in [9.17, 15) is 9.59 Å². The number of nitrogens with one attached hydrogen (secondary N) is 1. The second kappa shape index (κ2) is 8.01. The van der Waals surface area contributed by atoms with Gasteiger partial charge in [-0.25, -0.2) is 4.79 Å². The molecule has 0 saturated carbocycles. The molecule has 6 heteroatoms. The lowest BCUT2D eigenvalue weighted by molar-refractivity contribution is 0.0921. The van der Waals surface area contributed by atoms with Crippen molar-refractivity contribution < 1.29 is 19.1 Å². The smallest absolute Gasteiger partial charge is 0.321 e. The van der Waals surface area contributed by atoms with Crippen LogP contribution in [-0.2, 0) is 0 Å². The standard InChI is InChI=1S/C18H20N2O4/c1-20(2)18(22)19-14-7-9-15(10-8-14)24-12-17(21)13-5-4-6-16(11-13)23-3/h4-11H,12H2,1-3H3,(H,19,22). The zero-order valence-corrected chi connectivity index (χ0v) is 13.9. The molecule has 0 heterocycles. The predicted molar refractivity (Wildman–Crippen MR) is 92.0 cm³/mol. The number of amides is 2. The summed E-state index contributed by atoms with van der Waals surface area (Å²) < 4.78 is 10.6. The normalized spacial score (nSPS) is 9.96. The fourth-order valence-corrected chi connectivity index (χ4v) is 1.90. The van der Waals surface area contributed by atoms with Crippen molar-refractivity contribution in [2.45, 2.75) is 0 Å². The van der Waals surface area contributed by atoms with Crippen LogP contribution < -0.4 is 14.8 Å². The van der Waals surface area contributed by atoms with Crippen LogP contribution in [0.25, 0.3) is 0 Å². The van der Waals surface area contributed by atoms with Gasteiger partial charge in [-0.1, -0.05) is 12.1 Å². The van der Waals surface area contributed by atoms with Crippen molar-refractivity contribution >= 4 is 17.5 Å². The fraction of sp³-hybridized carbons (Fsp3) is 0.222. The Labute approximate surface area is 141 Å². The lowest BCUT2D eigenvalue weighted by Gasteiger charge is -2.12. The Hall–Kier alpha value is -3.02. The van der Waals surface area contributed by atoms with E-state index in [1.807, 2.05) is 0 Å². The van der Waals surface area contributed by atoms with Gasteiger partial charge in [0.15, 0.2) is 12.4 Å². The first kappa shape index (κ1) is 17.3. The molecule has 2 aromatic carbocycles. The molecule has 0 aliphatic heterocycles. The molecule has 24 heavy (non-hydrogen) atoms. The van der Waals surface area contributed by atoms with Crippen molar-refractivity contribution in [2.24, 2.45) is 0 Å². The minimum Gasteiger partial charge on any atom is -0.497 e. The molecule has 0 aromatic heterocycles. The maximum Gasteiger partial charge on any atom is 0.321 e. The van der Waals surface area contributed by atoms with Crippen LogP contribution in [0, 0.1) is 0 Å². The van der Waals surface area contributed by atoms with Gasteiger partial charge in [0.25, 0.3) is 0 Å². The molecule has 0 fully saturated rings. The van der Waals surface area contributed by atoms with Crippen molar-refractivity contribution in [3.63, 3.8) is 0 Å². The second-order valence-electron chi connectivity index (χ2n) is 5.29. The summed E-state index contributed by atoms with van der Waals surface area (Å²) in [5.41, 5.74) is 1.18. The number of anilines is 1. The highest BCUT2D eigenvalue weighted by atomic mass is 16.5. The maximum absolute atomic E-state index is 12.1. The summed E-state index contributed by atoms with van der Waals surface area (Å²) in [6.07, 6.45) is 0. The van der Waals surface area contributed by atoms with Gasteiger partial charge in [-0.3, -0.25) is 4.79 Å². The Morgan fingerprint density at radius 1 is 1.04 bits per heavy atom. The number of rotatable bonds is 6. The Balaban J connectivity index is 1.92. The van der Waals surface area contributed by atoms with Gasteiger partial charge in [-0.2, -0.15) is 0 Å². The van der Waals surface area contributed by atoms with E-state index in [1.54, 1.807) is 69.7 Å². The molecule has 6 nitrogen and oxygen atoms in total. The molecule has 0 aliphatic carbocycles. The third-order valence-electron chi connectivity index (χ3n) is 3.27. The first-order chi connectivity index (χ1) is 11.5. The van der Waals surface area contributed by atoms with E-state index in [4.69, 9.17) is 9.47 Å². The Morgan fingerprint density at radius 2 is 1.75 bits per heavy atom. The first-order valence-electron chi connectivity index (χ1n) is 7.38. The summed E-state index contributed by atoms with van der Waals surface area (Å²) in [6.45, 7) is -0.0728. The number of ether oxygens (including phenoxy) is 2. The van der Waals surface area contributed by atoms with Crippen LogP contribution in [0.2, 0.25) is 0 Å². The molecule has 2 aromatic rings. The number of nitrogens with zero attached hydrogens (tertiary/aromatic N) is 1. The van der Waals surface area contributed by atoms with E-state index in [2.05, 4.69) is 5.32 Å². The molecule has 2 rings (SSSR count). The van der Waals surface area contributed by atoms with E-state index >= 15 is 0 Å². The maximum atomic E-state index is 12.1. The quantitative estimate of drug-likeness (QED) is 0.828. The highest BCUT2D eigenvalue weighted by Crippen LogP contribution is 2.17. The topological polar surface area (TPSA) is 67.9 Å². The Bertz CT molecular complexity index is 711. The molecule has 0 saturated heterocycles. The zero-order chi connectivity index (χ0) is 17.5. The van der Waals surface area contributed by atoms with Crippen LogP contribution in [0.1, 0.15) is 10.4 Å². The van der Waals surface area contributed by atoms with Crippen molar-refractivity contribution in [2.75, 3.05) is 33.1 Å². The Kier molecular flexibility index (Phi) is 5.78. The number of urea groups is 1. The summed E-state index contributed by atoms with van der Waals surface area (Å²) in [6, 6.07) is 13.5. The molecular formula is C18H20N2O4. The number of ketones is 1. The summed E-state index contributed by atoms with van der Waals surface area (Å²) in [7, 11) is 4.88. The van der Waals surface area contributed by atoms with Crippen LogP contribution in [-0.4, -0.2) is 44.5 Å². The highest BCUT2D eigenvalue weighted by Gasteiger charge is 2.08. The summed E-state index contributed by atoms with van der Waals surface area (Å²) >= 11 is 0. The number of benzene rings is 2. The number of Topliss-reactive ketones (excluding diaryl/α,β-unsaturated/α-hetero) is 1. The largest absolute Gasteiger partial charge is 0.497 e. The van der Waals surface area contributed by atoms with Gasteiger partial charge in [0.1, 0.15) is 11.5 Å². The van der Waals surface area contributed by atoms with Gasteiger partial charge in [-0.15, -0.1) is 0 Å². The SMILES string of the molecule is COc1cccc(C(=O)COc2ccc(NC(=O)N(C)C)cc2)c1. The van der Waals surface area contributed by atoms with Crippen LogP contribution in [0.5, 0.6) is 11.5 Å². The third kappa shape index (κ3) is 4.74. The first-order valence-corrected chi connectivity index (χ1v) is 7.38. The van der Waals surface area contributed by atoms with Gasteiger partial charge in [0.2, 0.25) is 0 Å². The van der Waals surface area contributed by atoms with Gasteiger partial charge in [0, 0.05) is 25.3 Å². The Morgan fingerprint density at radius 3 is 2.38 bits per heavy atom. The number of hydrogen-bond acceptors (Lipinski definition) is 4. The minimum atomic E-state index is -0.211. The van der Waals surface area contributed by atoms with Gasteiger partial charge >= 0.3 is 6.03 Å². The third-order valence-corrected chi connectivity index (χ3v) is 3.27. The van der Waals surface area contributed by atoms with Crippen LogP contribution in [0.15, 0.2) is 48.5 Å². The zero-order valence-electron chi connectivity index (χ0n) is 13.9. The van der Waals surface area contributed by atoms with E-state index in [1.165, 1.54) is 4.90 Å². The van der Waals surface area contributed by atoms with Crippen LogP contribution >= 0.6 is 0 Å².